The van der Waals surface area contributed by atoms with E-state index < -0.39 is 28.5 Å². The lowest BCUT2D eigenvalue weighted by molar-refractivity contribution is -0.140. The van der Waals surface area contributed by atoms with Crippen LogP contribution in [0.25, 0.3) is 0 Å². The molecule has 0 heterocycles. The van der Waals surface area contributed by atoms with Crippen LogP contribution in [0.15, 0.2) is 108 Å². The minimum absolute atomic E-state index is 0.0111. The van der Waals surface area contributed by atoms with Gasteiger partial charge in [-0.3, -0.25) is 13.9 Å². The number of carbonyl (C=O) groups is 2. The van der Waals surface area contributed by atoms with Crippen LogP contribution in [-0.2, 0) is 32.6 Å². The highest BCUT2D eigenvalue weighted by atomic mass is 35.5. The van der Waals surface area contributed by atoms with Gasteiger partial charge in [-0.05, 0) is 60.9 Å². The molecule has 242 valence electrons. The average molecular weight is 683 g/mol. The van der Waals surface area contributed by atoms with Crippen LogP contribution in [0.3, 0.4) is 0 Å². The number of benzene rings is 4. The highest BCUT2D eigenvalue weighted by Gasteiger charge is 2.35. The fourth-order valence-electron chi connectivity index (χ4n) is 4.84. The van der Waals surface area contributed by atoms with Crippen LogP contribution in [0, 0.1) is 0 Å². The number of anilines is 1. The molecule has 8 nitrogen and oxygen atoms in total. The summed E-state index contributed by atoms with van der Waals surface area (Å²) in [5.74, 6) is -0.528. The molecule has 0 aliphatic carbocycles. The molecule has 2 amide bonds. The number of carbonyl (C=O) groups excluding carboxylic acids is 2. The monoisotopic (exact) mass is 681 g/mol. The molecule has 4 aromatic rings. The highest BCUT2D eigenvalue weighted by Crippen LogP contribution is 2.29. The number of nitrogens with zero attached hydrogens (tertiary/aromatic N) is 2. The normalized spacial score (nSPS) is 12.5. The Morgan fingerprint density at radius 3 is 2.15 bits per heavy atom. The van der Waals surface area contributed by atoms with E-state index >= 15 is 0 Å². The number of hydrogen-bond acceptors (Lipinski definition) is 5. The lowest BCUT2D eigenvalue weighted by Crippen LogP contribution is -2.54. The van der Waals surface area contributed by atoms with Gasteiger partial charge in [-0.25, -0.2) is 8.42 Å². The molecule has 0 radical (unpaired) electrons. The van der Waals surface area contributed by atoms with Crippen LogP contribution < -0.4 is 14.4 Å². The molecule has 0 saturated carbocycles. The van der Waals surface area contributed by atoms with Crippen molar-refractivity contribution in [3.63, 3.8) is 0 Å². The average Bonchev–Trinajstić information content (AvgIpc) is 3.07. The van der Waals surface area contributed by atoms with E-state index in [-0.39, 0.29) is 35.5 Å². The van der Waals surface area contributed by atoms with Crippen LogP contribution in [-0.4, -0.2) is 50.9 Å². The molecule has 0 aliphatic heterocycles. The zero-order valence-electron chi connectivity index (χ0n) is 25.9. The lowest BCUT2D eigenvalue weighted by Gasteiger charge is -2.34. The summed E-state index contributed by atoms with van der Waals surface area (Å²) in [4.78, 5) is 29.9. The highest BCUT2D eigenvalue weighted by molar-refractivity contribution is 7.92. The number of amides is 2. The summed E-state index contributed by atoms with van der Waals surface area (Å²) in [5, 5.41) is 3.66. The van der Waals surface area contributed by atoms with Gasteiger partial charge in [0.05, 0.1) is 27.7 Å². The van der Waals surface area contributed by atoms with Crippen LogP contribution in [0.2, 0.25) is 10.0 Å². The van der Waals surface area contributed by atoms with E-state index in [9.17, 15) is 18.0 Å². The van der Waals surface area contributed by atoms with Crippen molar-refractivity contribution in [1.29, 1.82) is 0 Å². The summed E-state index contributed by atoms with van der Waals surface area (Å²) in [5.41, 5.74) is 1.69. The second-order valence-corrected chi connectivity index (χ2v) is 13.5. The largest absolute Gasteiger partial charge is 0.497 e. The van der Waals surface area contributed by atoms with Gasteiger partial charge < -0.3 is 15.0 Å². The molecule has 0 unspecified atom stereocenters. The molecule has 0 saturated heterocycles. The number of nitrogens with one attached hydrogen (secondary N) is 1. The predicted octanol–water partition coefficient (Wildman–Crippen LogP) is 6.75. The minimum Gasteiger partial charge on any atom is -0.497 e. The standard InChI is InChI=1S/C35H37Cl2N3O5S/c1-4-25(2)38-35(42)33(21-26-12-7-5-8-13-26)39(23-27-18-19-31(36)32(37)20-27)34(41)24-40(28-14-11-15-29(22-28)45-3)46(43,44)30-16-9-6-10-17-30/h5-20,22,25,33H,4,21,23-24H2,1-3H3,(H,38,42)/t25-,33+/m1/s1. The third-order valence-electron chi connectivity index (χ3n) is 7.56. The molecule has 0 bridgehead atoms. The van der Waals surface area contributed by atoms with E-state index in [1.807, 2.05) is 44.2 Å². The SMILES string of the molecule is CC[C@@H](C)NC(=O)[C@H](Cc1ccccc1)N(Cc1ccc(Cl)c(Cl)c1)C(=O)CN(c1cccc(OC)c1)S(=O)(=O)c1ccccc1. The first-order valence-electron chi connectivity index (χ1n) is 14.8. The summed E-state index contributed by atoms with van der Waals surface area (Å²) >= 11 is 12.5. The Kier molecular flexibility index (Phi) is 12.1. The molecule has 0 aliphatic rings. The van der Waals surface area contributed by atoms with Crippen LogP contribution in [0.5, 0.6) is 5.75 Å². The molecule has 0 fully saturated rings. The zero-order chi connectivity index (χ0) is 33.3. The van der Waals surface area contributed by atoms with E-state index in [2.05, 4.69) is 5.32 Å². The number of methoxy groups -OCH3 is 1. The van der Waals surface area contributed by atoms with E-state index in [4.69, 9.17) is 27.9 Å². The maximum absolute atomic E-state index is 14.6. The number of ether oxygens (including phenoxy) is 1. The molecular formula is C35H37Cl2N3O5S. The Morgan fingerprint density at radius 2 is 1.52 bits per heavy atom. The van der Waals surface area contributed by atoms with Crippen molar-refractivity contribution in [2.24, 2.45) is 0 Å². The van der Waals surface area contributed by atoms with Crippen molar-refractivity contribution in [2.45, 2.75) is 50.2 Å². The number of rotatable bonds is 14. The Balaban J connectivity index is 1.83. The maximum Gasteiger partial charge on any atom is 0.264 e. The van der Waals surface area contributed by atoms with Crippen molar-refractivity contribution in [1.82, 2.24) is 10.2 Å². The van der Waals surface area contributed by atoms with Gasteiger partial charge in [0.15, 0.2) is 0 Å². The molecule has 46 heavy (non-hydrogen) atoms. The molecule has 11 heteroatoms. The Morgan fingerprint density at radius 1 is 0.848 bits per heavy atom. The Bertz CT molecular complexity index is 1740. The third-order valence-corrected chi connectivity index (χ3v) is 10.1. The van der Waals surface area contributed by atoms with E-state index in [0.717, 1.165) is 9.87 Å². The fourth-order valence-corrected chi connectivity index (χ4v) is 6.59. The zero-order valence-corrected chi connectivity index (χ0v) is 28.2. The minimum atomic E-state index is -4.23. The molecule has 0 aromatic heterocycles. The molecule has 4 aromatic carbocycles. The number of hydrogen-bond donors (Lipinski definition) is 1. The first kappa shape index (κ1) is 34.8. The topological polar surface area (TPSA) is 96.0 Å². The fraction of sp³-hybridized carbons (Fsp3) is 0.257. The lowest BCUT2D eigenvalue weighted by atomic mass is 10.0. The van der Waals surface area contributed by atoms with Gasteiger partial charge in [0.2, 0.25) is 11.8 Å². The molecule has 2 atom stereocenters. The first-order chi connectivity index (χ1) is 22.0. The first-order valence-corrected chi connectivity index (χ1v) is 17.0. The summed E-state index contributed by atoms with van der Waals surface area (Å²) in [7, 11) is -2.75. The summed E-state index contributed by atoms with van der Waals surface area (Å²) in [6, 6.07) is 27.6. The summed E-state index contributed by atoms with van der Waals surface area (Å²) in [6.45, 7) is 3.22. The van der Waals surface area contributed by atoms with Gasteiger partial charge >= 0.3 is 0 Å². The van der Waals surface area contributed by atoms with Crippen LogP contribution in [0.1, 0.15) is 31.4 Å². The van der Waals surface area contributed by atoms with E-state index in [1.165, 1.54) is 24.1 Å². The van der Waals surface area contributed by atoms with Crippen LogP contribution >= 0.6 is 23.2 Å². The second kappa shape index (κ2) is 16.0. The molecule has 1 N–H and O–H groups in total. The van der Waals surface area contributed by atoms with Crippen molar-refractivity contribution in [3.8, 4) is 5.75 Å². The molecule has 4 rings (SSSR count). The third kappa shape index (κ3) is 8.81. The van der Waals surface area contributed by atoms with Crippen molar-refractivity contribution in [2.75, 3.05) is 18.0 Å². The van der Waals surface area contributed by atoms with Gasteiger partial charge in [0.25, 0.3) is 10.0 Å². The van der Waals surface area contributed by atoms with Gasteiger partial charge in [-0.2, -0.15) is 0 Å². The van der Waals surface area contributed by atoms with Crippen LogP contribution in [0.4, 0.5) is 5.69 Å². The summed E-state index contributed by atoms with van der Waals surface area (Å²) < 4.78 is 34.6. The summed E-state index contributed by atoms with van der Waals surface area (Å²) in [6.07, 6.45) is 0.879. The van der Waals surface area contributed by atoms with Gasteiger partial charge in [-0.1, -0.05) is 90.8 Å². The number of sulfonamides is 1. The Labute approximate surface area is 280 Å². The predicted molar refractivity (Wildman–Crippen MR) is 183 cm³/mol. The van der Waals surface area contributed by atoms with Gasteiger partial charge in [0, 0.05) is 25.1 Å². The van der Waals surface area contributed by atoms with Crippen molar-refractivity contribution in [3.05, 3.63) is 124 Å². The molecular weight excluding hydrogens is 645 g/mol. The van der Waals surface area contributed by atoms with Crippen molar-refractivity contribution < 1.29 is 22.7 Å². The van der Waals surface area contributed by atoms with Gasteiger partial charge in [-0.15, -0.1) is 0 Å². The van der Waals surface area contributed by atoms with Gasteiger partial charge in [0.1, 0.15) is 18.3 Å². The quantitative estimate of drug-likeness (QED) is 0.159. The van der Waals surface area contributed by atoms with Crippen molar-refractivity contribution >= 4 is 50.7 Å². The Hall–Kier alpha value is -4.05. The second-order valence-electron chi connectivity index (χ2n) is 10.8. The maximum atomic E-state index is 14.6. The number of halogens is 2. The molecule has 0 spiro atoms. The smallest absolute Gasteiger partial charge is 0.264 e. The van der Waals surface area contributed by atoms with E-state index in [1.54, 1.807) is 60.7 Å². The van der Waals surface area contributed by atoms with E-state index in [0.29, 0.717) is 27.8 Å².